The van der Waals surface area contributed by atoms with Gasteiger partial charge in [0.2, 0.25) is 0 Å². The second kappa shape index (κ2) is 76.4. The van der Waals surface area contributed by atoms with Crippen molar-refractivity contribution in [2.24, 2.45) is 0 Å². The van der Waals surface area contributed by atoms with Crippen LogP contribution in [0.15, 0.2) is 42.9 Å². The van der Waals surface area contributed by atoms with E-state index in [9.17, 15) is 4.79 Å². The van der Waals surface area contributed by atoms with E-state index in [-0.39, 0.29) is 0 Å². The van der Waals surface area contributed by atoms with Crippen LogP contribution in [0.1, 0.15) is 461 Å². The van der Waals surface area contributed by atoms with Gasteiger partial charge in [-0.25, -0.2) is 4.79 Å². The summed E-state index contributed by atoms with van der Waals surface area (Å²) in [5, 5.41) is 8.99. The maximum atomic E-state index is 10.9. The molecule has 522 valence electrons. The van der Waals surface area contributed by atoms with E-state index in [0.29, 0.717) is 5.56 Å². The summed E-state index contributed by atoms with van der Waals surface area (Å²) in [6, 6.07) is 7.55. The van der Waals surface area contributed by atoms with Crippen LogP contribution in [0.3, 0.4) is 0 Å². The van der Waals surface area contributed by atoms with Crippen molar-refractivity contribution in [3.05, 3.63) is 59.7 Å². The number of hydrogen-bond donors (Lipinski definition) is 1. The van der Waals surface area contributed by atoms with Crippen molar-refractivity contribution in [3.63, 3.8) is 0 Å². The molecule has 2 aromatic rings. The summed E-state index contributed by atoms with van der Waals surface area (Å²) in [5.41, 5.74) is 2.69. The molecule has 0 radical (unpaired) electrons. The number of aromatic nitrogens is 2. The summed E-state index contributed by atoms with van der Waals surface area (Å²) < 4.78 is 0. The van der Waals surface area contributed by atoms with Gasteiger partial charge in [0.05, 0.1) is 5.56 Å². The first-order valence-corrected chi connectivity index (χ1v) is 40.8. The van der Waals surface area contributed by atoms with Gasteiger partial charge in [-0.15, -0.1) is 0 Å². The normalized spacial score (nSPS) is 11.3. The van der Waals surface area contributed by atoms with Crippen LogP contribution in [0, 0.1) is 0 Å². The monoisotopic (exact) mass is 1240 g/mol. The molecular formula is C84H159N3O2. The first-order chi connectivity index (χ1) is 44.0. The third-order valence-corrected chi connectivity index (χ3v) is 19.2. The van der Waals surface area contributed by atoms with Gasteiger partial charge in [-0.3, -0.25) is 9.97 Å². The molecule has 2 aromatic heterocycles. The first kappa shape index (κ1) is 86.7. The lowest BCUT2D eigenvalue weighted by Gasteiger charge is -2.22. The van der Waals surface area contributed by atoms with E-state index < -0.39 is 5.97 Å². The predicted molar refractivity (Wildman–Crippen MR) is 399 cm³/mol. The molecule has 0 fully saturated rings. The molecule has 0 unspecified atom stereocenters. The average molecular weight is 1240 g/mol. The van der Waals surface area contributed by atoms with E-state index in [2.05, 4.69) is 61.6 Å². The minimum Gasteiger partial charge on any atom is -0.478 e. The Labute approximate surface area is 559 Å². The van der Waals surface area contributed by atoms with Crippen molar-refractivity contribution in [3.8, 4) is 0 Å². The van der Waals surface area contributed by atoms with Gasteiger partial charge in [0.25, 0.3) is 0 Å². The van der Waals surface area contributed by atoms with Crippen LogP contribution in [-0.2, 0) is 12.8 Å². The van der Waals surface area contributed by atoms with Crippen molar-refractivity contribution in [1.29, 1.82) is 0 Å². The Bertz CT molecular complexity index is 1540. The molecule has 0 aromatic carbocycles. The molecule has 0 saturated heterocycles. The fraction of sp³-hybridized carbons (Fsp3) is 0.869. The minimum absolute atomic E-state index is 0.344. The van der Waals surface area contributed by atoms with E-state index >= 15 is 0 Å². The SMILES string of the molecule is CCCCCCCCCCCCCCCCCCCc1ccncc1.CCCCCCCCCCCCCCCCCCc1cc(C(=O)O)ccn1.CCCCCCCCCCCCN(CCCCCCCCCCCC)CCCCCCCCCCCC. The molecule has 2 heterocycles. The number of carbonyl (C=O) groups is 1. The van der Waals surface area contributed by atoms with Crippen molar-refractivity contribution < 1.29 is 9.90 Å². The lowest BCUT2D eigenvalue weighted by Crippen LogP contribution is -2.27. The van der Waals surface area contributed by atoms with Gasteiger partial charge in [-0.1, -0.05) is 407 Å². The largest absolute Gasteiger partial charge is 0.478 e. The second-order valence-corrected chi connectivity index (χ2v) is 28.0. The molecule has 89 heavy (non-hydrogen) atoms. The molecular weight excluding hydrogens is 1080 g/mol. The summed E-state index contributed by atoms with van der Waals surface area (Å²) in [4.78, 5) is 22.1. The molecule has 0 saturated carbocycles. The number of carboxylic acid groups (broad SMARTS) is 1. The number of aromatic carboxylic acids is 1. The highest BCUT2D eigenvalue weighted by Gasteiger charge is 2.07. The van der Waals surface area contributed by atoms with Gasteiger partial charge in [0.1, 0.15) is 0 Å². The Hall–Kier alpha value is -2.27. The van der Waals surface area contributed by atoms with E-state index in [1.54, 1.807) is 18.3 Å². The fourth-order valence-electron chi connectivity index (χ4n) is 13.0. The quantitative estimate of drug-likeness (QED) is 0.0669. The molecule has 5 heteroatoms. The zero-order valence-corrected chi connectivity index (χ0v) is 61.3. The smallest absolute Gasteiger partial charge is 0.335 e. The highest BCUT2D eigenvalue weighted by molar-refractivity contribution is 5.87. The summed E-state index contributed by atoms with van der Waals surface area (Å²) >= 11 is 0. The van der Waals surface area contributed by atoms with Gasteiger partial charge >= 0.3 is 5.97 Å². The Morgan fingerprint density at radius 3 is 0.764 bits per heavy atom. The van der Waals surface area contributed by atoms with Crippen molar-refractivity contribution in [1.82, 2.24) is 14.9 Å². The van der Waals surface area contributed by atoms with Gasteiger partial charge in [0, 0.05) is 24.3 Å². The van der Waals surface area contributed by atoms with Gasteiger partial charge < -0.3 is 10.0 Å². The number of carboxylic acids is 1. The van der Waals surface area contributed by atoms with Crippen LogP contribution in [-0.4, -0.2) is 45.6 Å². The number of pyridine rings is 2. The Balaban J connectivity index is 0.00000134. The number of rotatable bonds is 69. The molecule has 0 atom stereocenters. The van der Waals surface area contributed by atoms with Gasteiger partial charge in [-0.2, -0.15) is 0 Å². The van der Waals surface area contributed by atoms with E-state index in [1.807, 2.05) is 12.4 Å². The summed E-state index contributed by atoms with van der Waals surface area (Å²) in [6.07, 6.45) is 97.6. The molecule has 0 aliphatic carbocycles. The van der Waals surface area contributed by atoms with Gasteiger partial charge in [-0.05, 0) is 94.4 Å². The Kier molecular flexibility index (Phi) is 74.5. The highest BCUT2D eigenvalue weighted by atomic mass is 16.4. The van der Waals surface area contributed by atoms with Crippen LogP contribution in [0.25, 0.3) is 0 Å². The molecule has 1 N–H and O–H groups in total. The van der Waals surface area contributed by atoms with Gasteiger partial charge in [0.15, 0.2) is 0 Å². The highest BCUT2D eigenvalue weighted by Crippen LogP contribution is 2.19. The molecule has 0 bridgehead atoms. The van der Waals surface area contributed by atoms with Crippen molar-refractivity contribution in [2.45, 2.75) is 452 Å². The summed E-state index contributed by atoms with van der Waals surface area (Å²) in [7, 11) is 0. The van der Waals surface area contributed by atoms with Crippen LogP contribution in [0.5, 0.6) is 0 Å². The first-order valence-electron chi connectivity index (χ1n) is 40.8. The lowest BCUT2D eigenvalue weighted by atomic mass is 10.0. The number of aryl methyl sites for hydroxylation is 2. The van der Waals surface area contributed by atoms with E-state index in [1.165, 1.54) is 430 Å². The molecule has 5 nitrogen and oxygen atoms in total. The topological polar surface area (TPSA) is 66.3 Å². The Morgan fingerprint density at radius 2 is 0.517 bits per heavy atom. The maximum absolute atomic E-state index is 10.9. The maximum Gasteiger partial charge on any atom is 0.335 e. The molecule has 0 aliphatic rings. The summed E-state index contributed by atoms with van der Waals surface area (Å²) in [6.45, 7) is 15.6. The van der Waals surface area contributed by atoms with Crippen LogP contribution in [0.4, 0.5) is 0 Å². The average Bonchev–Trinajstić information content (AvgIpc) is 3.74. The minimum atomic E-state index is -0.870. The third kappa shape index (κ3) is 69.9. The molecule has 0 amide bonds. The molecule has 2 rings (SSSR count). The second-order valence-electron chi connectivity index (χ2n) is 28.0. The van der Waals surface area contributed by atoms with Crippen molar-refractivity contribution in [2.75, 3.05) is 19.6 Å². The summed E-state index contributed by atoms with van der Waals surface area (Å²) in [5.74, 6) is -0.870. The van der Waals surface area contributed by atoms with Crippen LogP contribution < -0.4 is 0 Å². The van der Waals surface area contributed by atoms with E-state index in [0.717, 1.165) is 18.5 Å². The number of unbranched alkanes of at least 4 members (excludes halogenated alkanes) is 58. The standard InChI is InChI=1S/C36H75N.C24H41NO2.C24H43N/c1-4-7-10-13-16-19-22-25-28-31-34-37(35-32-29-26-23-20-17-14-11-8-5-2)36-33-30-27-24-21-18-15-12-9-6-3;1-2-3-4-5-6-7-8-9-10-11-12-13-14-15-16-17-18-23-21-22(24(26)27)19-20-25-23;1-2-3-4-5-6-7-8-9-10-11-12-13-14-15-16-17-18-19-24-20-22-25-23-21-24/h4-36H2,1-3H3;19-21H,2-18H2,1H3,(H,26,27);20-23H,2-19H2,1H3. The molecule has 0 aliphatic heterocycles. The van der Waals surface area contributed by atoms with Crippen LogP contribution in [0.2, 0.25) is 0 Å². The third-order valence-electron chi connectivity index (χ3n) is 19.2. The zero-order chi connectivity index (χ0) is 64.3. The zero-order valence-electron chi connectivity index (χ0n) is 61.3. The predicted octanol–water partition coefficient (Wildman–Crippen LogP) is 28.9. The van der Waals surface area contributed by atoms with Crippen LogP contribution >= 0.6 is 0 Å². The number of nitrogens with zero attached hydrogens (tertiary/aromatic N) is 3. The lowest BCUT2D eigenvalue weighted by molar-refractivity contribution is 0.0696. The van der Waals surface area contributed by atoms with E-state index in [4.69, 9.17) is 5.11 Å². The Morgan fingerprint density at radius 1 is 0.292 bits per heavy atom. The fourth-order valence-corrected chi connectivity index (χ4v) is 13.0. The van der Waals surface area contributed by atoms with Crippen molar-refractivity contribution >= 4 is 5.97 Å². The molecule has 0 spiro atoms. The number of hydrogen-bond acceptors (Lipinski definition) is 4.